The van der Waals surface area contributed by atoms with Gasteiger partial charge in [-0.1, -0.05) is 36.4 Å². The SMILES string of the molecule is COc1ccc(CC(=O)N(Cc2ccccc2)C(C)C(=O)NCC2CCCO2)cc1OC. The van der Waals surface area contributed by atoms with Crippen LogP contribution in [0.15, 0.2) is 48.5 Å². The Bertz CT molecular complexity index is 896. The lowest BCUT2D eigenvalue weighted by molar-refractivity contribution is -0.140. The molecule has 1 saturated heterocycles. The average molecular weight is 441 g/mol. The molecule has 2 unspecified atom stereocenters. The molecule has 0 bridgehead atoms. The van der Waals surface area contributed by atoms with Gasteiger partial charge in [0, 0.05) is 19.7 Å². The molecule has 2 amide bonds. The standard InChI is InChI=1S/C25H32N2O5/c1-18(25(29)26-16-21-10-7-13-32-21)27(17-19-8-5-4-6-9-19)24(28)15-20-11-12-22(30-2)23(14-20)31-3/h4-6,8-9,11-12,14,18,21H,7,10,13,15-17H2,1-3H3,(H,26,29). The van der Waals surface area contributed by atoms with E-state index in [9.17, 15) is 9.59 Å². The molecular weight excluding hydrogens is 408 g/mol. The van der Waals surface area contributed by atoms with Crippen molar-refractivity contribution in [1.29, 1.82) is 0 Å². The third kappa shape index (κ3) is 6.23. The lowest BCUT2D eigenvalue weighted by atomic mass is 10.1. The van der Waals surface area contributed by atoms with E-state index in [0.717, 1.165) is 30.6 Å². The zero-order valence-electron chi connectivity index (χ0n) is 19.0. The first-order valence-electron chi connectivity index (χ1n) is 11.0. The summed E-state index contributed by atoms with van der Waals surface area (Å²) >= 11 is 0. The second-order valence-electron chi connectivity index (χ2n) is 7.93. The zero-order valence-corrected chi connectivity index (χ0v) is 19.0. The molecule has 0 radical (unpaired) electrons. The first-order valence-corrected chi connectivity index (χ1v) is 11.0. The highest BCUT2D eigenvalue weighted by molar-refractivity contribution is 5.88. The summed E-state index contributed by atoms with van der Waals surface area (Å²) in [7, 11) is 3.13. The molecular formula is C25H32N2O5. The Labute approximate surface area is 189 Å². The van der Waals surface area contributed by atoms with E-state index in [0.29, 0.717) is 24.6 Å². The molecule has 0 spiro atoms. The fraction of sp³-hybridized carbons (Fsp3) is 0.440. The van der Waals surface area contributed by atoms with Gasteiger partial charge in [0.25, 0.3) is 0 Å². The molecule has 2 aromatic rings. The van der Waals surface area contributed by atoms with Crippen LogP contribution in [0.2, 0.25) is 0 Å². The van der Waals surface area contributed by atoms with Crippen LogP contribution in [0.5, 0.6) is 11.5 Å². The topological polar surface area (TPSA) is 77.1 Å². The van der Waals surface area contributed by atoms with E-state index in [1.807, 2.05) is 36.4 Å². The molecule has 7 nitrogen and oxygen atoms in total. The van der Waals surface area contributed by atoms with E-state index in [4.69, 9.17) is 14.2 Å². The quantitative estimate of drug-likeness (QED) is 0.615. The Morgan fingerprint density at radius 1 is 1.09 bits per heavy atom. The van der Waals surface area contributed by atoms with Crippen LogP contribution in [-0.4, -0.2) is 56.2 Å². The van der Waals surface area contributed by atoms with E-state index in [2.05, 4.69) is 5.32 Å². The Hall–Kier alpha value is -3.06. The van der Waals surface area contributed by atoms with Crippen LogP contribution < -0.4 is 14.8 Å². The van der Waals surface area contributed by atoms with Crippen LogP contribution in [0.4, 0.5) is 0 Å². The summed E-state index contributed by atoms with van der Waals surface area (Å²) in [5, 5.41) is 2.95. The number of methoxy groups -OCH3 is 2. The fourth-order valence-electron chi connectivity index (χ4n) is 3.80. The fourth-order valence-corrected chi connectivity index (χ4v) is 3.80. The van der Waals surface area contributed by atoms with E-state index < -0.39 is 6.04 Å². The molecule has 1 heterocycles. The Kier molecular flexibility index (Phi) is 8.50. The summed E-state index contributed by atoms with van der Waals surface area (Å²) in [5.41, 5.74) is 1.75. The van der Waals surface area contributed by atoms with E-state index in [-0.39, 0.29) is 24.3 Å². The highest BCUT2D eigenvalue weighted by Crippen LogP contribution is 2.28. The van der Waals surface area contributed by atoms with Gasteiger partial charge in [-0.25, -0.2) is 0 Å². The molecule has 1 fully saturated rings. The number of rotatable bonds is 10. The van der Waals surface area contributed by atoms with Crippen LogP contribution >= 0.6 is 0 Å². The molecule has 7 heteroatoms. The molecule has 2 aromatic carbocycles. The number of hydrogen-bond acceptors (Lipinski definition) is 5. The maximum atomic E-state index is 13.3. The van der Waals surface area contributed by atoms with Crippen LogP contribution in [-0.2, 0) is 27.3 Å². The Balaban J connectivity index is 1.73. The first kappa shape index (κ1) is 23.6. The Morgan fingerprint density at radius 2 is 1.84 bits per heavy atom. The number of carbonyl (C=O) groups excluding carboxylic acids is 2. The van der Waals surface area contributed by atoms with Crippen molar-refractivity contribution in [3.05, 3.63) is 59.7 Å². The van der Waals surface area contributed by atoms with Gasteiger partial charge in [-0.05, 0) is 43.0 Å². The number of nitrogens with one attached hydrogen (secondary N) is 1. The normalized spacial score (nSPS) is 16.3. The molecule has 0 aromatic heterocycles. The third-order valence-electron chi connectivity index (χ3n) is 5.69. The minimum atomic E-state index is -0.621. The summed E-state index contributed by atoms with van der Waals surface area (Å²) in [6, 6.07) is 14.5. The van der Waals surface area contributed by atoms with Crippen molar-refractivity contribution in [2.75, 3.05) is 27.4 Å². The van der Waals surface area contributed by atoms with Crippen LogP contribution in [0, 0.1) is 0 Å². The summed E-state index contributed by atoms with van der Waals surface area (Å²) in [6.45, 7) is 3.31. The molecule has 0 aliphatic carbocycles. The minimum Gasteiger partial charge on any atom is -0.493 e. The number of nitrogens with zero attached hydrogens (tertiary/aromatic N) is 1. The maximum Gasteiger partial charge on any atom is 0.242 e. The summed E-state index contributed by atoms with van der Waals surface area (Å²) in [5.74, 6) is 0.847. The lowest BCUT2D eigenvalue weighted by Gasteiger charge is -2.29. The number of benzene rings is 2. The number of carbonyl (C=O) groups is 2. The summed E-state index contributed by atoms with van der Waals surface area (Å²) in [4.78, 5) is 27.8. The largest absolute Gasteiger partial charge is 0.493 e. The van der Waals surface area contributed by atoms with E-state index in [1.165, 1.54) is 0 Å². The van der Waals surface area contributed by atoms with Gasteiger partial charge in [0.1, 0.15) is 6.04 Å². The predicted octanol–water partition coefficient (Wildman–Crippen LogP) is 2.96. The molecule has 3 rings (SSSR count). The maximum absolute atomic E-state index is 13.3. The molecule has 32 heavy (non-hydrogen) atoms. The number of hydrogen-bond donors (Lipinski definition) is 1. The first-order chi connectivity index (χ1) is 15.5. The zero-order chi connectivity index (χ0) is 22.9. The van der Waals surface area contributed by atoms with Gasteiger partial charge in [0.05, 0.1) is 26.7 Å². The van der Waals surface area contributed by atoms with Gasteiger partial charge in [-0.3, -0.25) is 9.59 Å². The predicted molar refractivity (Wildman–Crippen MR) is 122 cm³/mol. The average Bonchev–Trinajstić information content (AvgIpc) is 3.34. The molecule has 2 atom stereocenters. The van der Waals surface area contributed by atoms with Gasteiger partial charge < -0.3 is 24.4 Å². The van der Waals surface area contributed by atoms with Crippen molar-refractivity contribution < 1.29 is 23.8 Å². The molecule has 1 aliphatic heterocycles. The van der Waals surface area contributed by atoms with Crippen LogP contribution in [0.1, 0.15) is 30.9 Å². The van der Waals surface area contributed by atoms with Crippen LogP contribution in [0.25, 0.3) is 0 Å². The monoisotopic (exact) mass is 440 g/mol. The lowest BCUT2D eigenvalue weighted by Crippen LogP contribution is -2.49. The van der Waals surface area contributed by atoms with Crippen molar-refractivity contribution in [1.82, 2.24) is 10.2 Å². The second kappa shape index (κ2) is 11.5. The van der Waals surface area contributed by atoms with Crippen molar-refractivity contribution in [3.63, 3.8) is 0 Å². The molecule has 1 aliphatic rings. The van der Waals surface area contributed by atoms with Gasteiger partial charge in [0.15, 0.2) is 11.5 Å². The summed E-state index contributed by atoms with van der Waals surface area (Å²) in [6.07, 6.45) is 2.16. The van der Waals surface area contributed by atoms with E-state index in [1.54, 1.807) is 38.2 Å². The van der Waals surface area contributed by atoms with Gasteiger partial charge in [-0.2, -0.15) is 0 Å². The van der Waals surface area contributed by atoms with Crippen molar-refractivity contribution in [2.24, 2.45) is 0 Å². The summed E-state index contributed by atoms with van der Waals surface area (Å²) < 4.78 is 16.2. The smallest absolute Gasteiger partial charge is 0.242 e. The molecule has 172 valence electrons. The Morgan fingerprint density at radius 3 is 2.50 bits per heavy atom. The molecule has 1 N–H and O–H groups in total. The van der Waals surface area contributed by atoms with Crippen molar-refractivity contribution in [2.45, 2.75) is 44.9 Å². The number of amides is 2. The highest BCUT2D eigenvalue weighted by atomic mass is 16.5. The minimum absolute atomic E-state index is 0.0520. The van der Waals surface area contributed by atoms with Crippen LogP contribution in [0.3, 0.4) is 0 Å². The third-order valence-corrected chi connectivity index (χ3v) is 5.69. The van der Waals surface area contributed by atoms with Crippen molar-refractivity contribution in [3.8, 4) is 11.5 Å². The van der Waals surface area contributed by atoms with Gasteiger partial charge >= 0.3 is 0 Å². The van der Waals surface area contributed by atoms with Gasteiger partial charge in [-0.15, -0.1) is 0 Å². The molecule has 0 saturated carbocycles. The highest BCUT2D eigenvalue weighted by Gasteiger charge is 2.27. The van der Waals surface area contributed by atoms with Gasteiger partial charge in [0.2, 0.25) is 11.8 Å². The number of ether oxygens (including phenoxy) is 3. The van der Waals surface area contributed by atoms with Crippen molar-refractivity contribution >= 4 is 11.8 Å². The van der Waals surface area contributed by atoms with E-state index >= 15 is 0 Å². The second-order valence-corrected chi connectivity index (χ2v) is 7.93.